The fraction of sp³-hybridized carbons (Fsp3) is 0.417. The molecule has 1 aliphatic heterocycles. The molecule has 2 aromatic rings. The van der Waals surface area contributed by atoms with Gasteiger partial charge in [0.2, 0.25) is 15.9 Å². The SMILES string of the molecule is Cc1nnc(N2CCN(S(=O)(=O)c3ccc(Cl)nc3)CC2)o1. The molecule has 118 valence electrons. The van der Waals surface area contributed by atoms with Gasteiger partial charge in [0.25, 0.3) is 0 Å². The maximum absolute atomic E-state index is 12.5. The van der Waals surface area contributed by atoms with Crippen LogP contribution in [0.3, 0.4) is 0 Å². The molecule has 0 saturated carbocycles. The maximum atomic E-state index is 12.5. The quantitative estimate of drug-likeness (QED) is 0.765. The highest BCUT2D eigenvalue weighted by Gasteiger charge is 2.30. The number of pyridine rings is 1. The van der Waals surface area contributed by atoms with Gasteiger partial charge in [-0.15, -0.1) is 5.10 Å². The first-order chi connectivity index (χ1) is 10.5. The highest BCUT2D eigenvalue weighted by Crippen LogP contribution is 2.20. The number of piperazine rings is 1. The smallest absolute Gasteiger partial charge is 0.318 e. The largest absolute Gasteiger partial charge is 0.408 e. The second-order valence-electron chi connectivity index (χ2n) is 4.81. The molecule has 3 heterocycles. The van der Waals surface area contributed by atoms with Crippen LogP contribution in [0.5, 0.6) is 0 Å². The van der Waals surface area contributed by atoms with Gasteiger partial charge in [0, 0.05) is 39.3 Å². The molecule has 1 aliphatic rings. The Morgan fingerprint density at radius 2 is 1.91 bits per heavy atom. The monoisotopic (exact) mass is 343 g/mol. The maximum Gasteiger partial charge on any atom is 0.318 e. The Bertz CT molecular complexity index is 753. The minimum absolute atomic E-state index is 0.138. The zero-order chi connectivity index (χ0) is 15.7. The van der Waals surface area contributed by atoms with Crippen molar-refractivity contribution in [1.29, 1.82) is 0 Å². The summed E-state index contributed by atoms with van der Waals surface area (Å²) < 4.78 is 31.8. The van der Waals surface area contributed by atoms with Crippen LogP contribution in [-0.4, -0.2) is 54.1 Å². The van der Waals surface area contributed by atoms with Gasteiger partial charge in [0.1, 0.15) is 10.0 Å². The lowest BCUT2D eigenvalue weighted by Crippen LogP contribution is -2.48. The van der Waals surface area contributed by atoms with Crippen molar-refractivity contribution in [3.8, 4) is 0 Å². The molecule has 0 aromatic carbocycles. The van der Waals surface area contributed by atoms with E-state index >= 15 is 0 Å². The number of aromatic nitrogens is 3. The van der Waals surface area contributed by atoms with Gasteiger partial charge in [0.15, 0.2) is 0 Å². The van der Waals surface area contributed by atoms with E-state index in [0.717, 1.165) is 0 Å². The van der Waals surface area contributed by atoms with Crippen LogP contribution in [0.1, 0.15) is 5.89 Å². The van der Waals surface area contributed by atoms with Crippen molar-refractivity contribution in [2.75, 3.05) is 31.1 Å². The molecule has 22 heavy (non-hydrogen) atoms. The van der Waals surface area contributed by atoms with Crippen molar-refractivity contribution >= 4 is 27.6 Å². The third kappa shape index (κ3) is 2.92. The van der Waals surface area contributed by atoms with E-state index in [0.29, 0.717) is 38.1 Å². The summed E-state index contributed by atoms with van der Waals surface area (Å²) in [5.74, 6) is 0.484. The van der Waals surface area contributed by atoms with Crippen LogP contribution in [0.4, 0.5) is 6.01 Å². The van der Waals surface area contributed by atoms with Crippen LogP contribution in [0, 0.1) is 6.92 Å². The summed E-state index contributed by atoms with van der Waals surface area (Å²) in [6.45, 7) is 3.37. The van der Waals surface area contributed by atoms with Crippen molar-refractivity contribution < 1.29 is 12.8 Å². The summed E-state index contributed by atoms with van der Waals surface area (Å²) in [5.41, 5.74) is 0. The molecule has 0 spiro atoms. The summed E-state index contributed by atoms with van der Waals surface area (Å²) in [4.78, 5) is 5.83. The first-order valence-electron chi connectivity index (χ1n) is 6.63. The molecule has 0 N–H and O–H groups in total. The van der Waals surface area contributed by atoms with Gasteiger partial charge in [-0.2, -0.15) is 4.31 Å². The Morgan fingerprint density at radius 1 is 1.18 bits per heavy atom. The minimum atomic E-state index is -3.56. The van der Waals surface area contributed by atoms with Crippen LogP contribution in [0.2, 0.25) is 5.15 Å². The first-order valence-corrected chi connectivity index (χ1v) is 8.45. The average Bonchev–Trinajstić information content (AvgIpc) is 2.94. The third-order valence-electron chi connectivity index (χ3n) is 3.36. The van der Waals surface area contributed by atoms with Gasteiger partial charge in [-0.1, -0.05) is 16.7 Å². The Labute approximate surface area is 132 Å². The zero-order valence-corrected chi connectivity index (χ0v) is 13.4. The highest BCUT2D eigenvalue weighted by molar-refractivity contribution is 7.89. The number of hydrogen-bond donors (Lipinski definition) is 0. The highest BCUT2D eigenvalue weighted by atomic mass is 35.5. The Kier molecular flexibility index (Phi) is 4.02. The number of hydrogen-bond acceptors (Lipinski definition) is 7. The Hall–Kier alpha value is -1.71. The van der Waals surface area contributed by atoms with Crippen LogP contribution in [0.15, 0.2) is 27.6 Å². The summed E-state index contributed by atoms with van der Waals surface area (Å²) in [7, 11) is -3.56. The molecule has 0 unspecified atom stereocenters. The molecular weight excluding hydrogens is 330 g/mol. The second kappa shape index (κ2) is 5.82. The average molecular weight is 344 g/mol. The van der Waals surface area contributed by atoms with Gasteiger partial charge in [-0.05, 0) is 12.1 Å². The van der Waals surface area contributed by atoms with E-state index in [2.05, 4.69) is 15.2 Å². The topological polar surface area (TPSA) is 92.4 Å². The normalized spacial score (nSPS) is 16.9. The van der Waals surface area contributed by atoms with Gasteiger partial charge in [-0.3, -0.25) is 0 Å². The lowest BCUT2D eigenvalue weighted by Gasteiger charge is -2.32. The van der Waals surface area contributed by atoms with Crippen molar-refractivity contribution in [3.05, 3.63) is 29.4 Å². The number of aryl methyl sites for hydroxylation is 1. The summed E-state index contributed by atoms with van der Waals surface area (Å²) in [6, 6.07) is 3.34. The van der Waals surface area contributed by atoms with Crippen LogP contribution in [-0.2, 0) is 10.0 Å². The molecule has 2 aromatic heterocycles. The van der Waals surface area contributed by atoms with Gasteiger partial charge >= 0.3 is 6.01 Å². The van der Waals surface area contributed by atoms with Crippen molar-refractivity contribution in [2.24, 2.45) is 0 Å². The van der Waals surface area contributed by atoms with Gasteiger partial charge in [0.05, 0.1) is 0 Å². The first kappa shape index (κ1) is 15.2. The standard InChI is InChI=1S/C12H14ClN5O3S/c1-9-15-16-12(21-9)17-4-6-18(7-5-17)22(19,20)10-2-3-11(13)14-8-10/h2-3,8H,4-7H2,1H3. The number of nitrogens with zero attached hydrogens (tertiary/aromatic N) is 5. The number of halogens is 1. The van der Waals surface area contributed by atoms with Gasteiger partial charge < -0.3 is 9.32 Å². The summed E-state index contributed by atoms with van der Waals surface area (Å²) in [5, 5.41) is 7.98. The molecule has 0 bridgehead atoms. The molecule has 8 nitrogen and oxygen atoms in total. The van der Waals surface area contributed by atoms with E-state index in [1.807, 2.05) is 4.90 Å². The van der Waals surface area contributed by atoms with Crippen LogP contribution >= 0.6 is 11.6 Å². The molecule has 0 aliphatic carbocycles. The van der Waals surface area contributed by atoms with E-state index in [1.165, 1.54) is 22.6 Å². The van der Waals surface area contributed by atoms with E-state index in [-0.39, 0.29) is 10.0 Å². The van der Waals surface area contributed by atoms with E-state index in [9.17, 15) is 8.42 Å². The van der Waals surface area contributed by atoms with Crippen molar-refractivity contribution in [3.63, 3.8) is 0 Å². The number of anilines is 1. The Morgan fingerprint density at radius 3 is 2.45 bits per heavy atom. The predicted octanol–water partition coefficient (Wildman–Crippen LogP) is 0.937. The van der Waals surface area contributed by atoms with Crippen LogP contribution in [0.25, 0.3) is 0 Å². The molecular formula is C12H14ClN5O3S. The number of sulfonamides is 1. The molecule has 1 saturated heterocycles. The van der Waals surface area contributed by atoms with Crippen LogP contribution < -0.4 is 4.90 Å². The summed E-state index contributed by atoms with van der Waals surface area (Å²) in [6.07, 6.45) is 1.27. The van der Waals surface area contributed by atoms with Gasteiger partial charge in [-0.25, -0.2) is 13.4 Å². The van der Waals surface area contributed by atoms with E-state index in [4.69, 9.17) is 16.0 Å². The minimum Gasteiger partial charge on any atom is -0.408 e. The lowest BCUT2D eigenvalue weighted by molar-refractivity contribution is 0.370. The van der Waals surface area contributed by atoms with Crippen molar-refractivity contribution in [2.45, 2.75) is 11.8 Å². The predicted molar refractivity (Wildman–Crippen MR) is 79.3 cm³/mol. The van der Waals surface area contributed by atoms with E-state index in [1.54, 1.807) is 6.92 Å². The lowest BCUT2D eigenvalue weighted by atomic mass is 10.4. The fourth-order valence-electron chi connectivity index (χ4n) is 2.20. The Balaban J connectivity index is 1.71. The molecule has 0 atom stereocenters. The second-order valence-corrected chi connectivity index (χ2v) is 7.14. The zero-order valence-electron chi connectivity index (χ0n) is 11.8. The third-order valence-corrected chi connectivity index (χ3v) is 5.47. The molecule has 3 rings (SSSR count). The molecule has 10 heteroatoms. The van der Waals surface area contributed by atoms with Crippen molar-refractivity contribution in [1.82, 2.24) is 19.5 Å². The van der Waals surface area contributed by atoms with E-state index < -0.39 is 10.0 Å². The molecule has 1 fully saturated rings. The summed E-state index contributed by atoms with van der Waals surface area (Å²) >= 11 is 5.69. The molecule has 0 radical (unpaired) electrons. The fourth-order valence-corrected chi connectivity index (χ4v) is 3.68. The number of rotatable bonds is 3. The molecule has 0 amide bonds.